The summed E-state index contributed by atoms with van der Waals surface area (Å²) < 4.78 is 5.15. The zero-order chi connectivity index (χ0) is 11.3. The van der Waals surface area contributed by atoms with Crippen LogP contribution in [0.3, 0.4) is 0 Å². The lowest BCUT2D eigenvalue weighted by atomic mass is 10.1. The molecule has 0 unspecified atom stereocenters. The maximum absolute atomic E-state index is 11.3. The lowest BCUT2D eigenvalue weighted by molar-refractivity contribution is -0.142. The number of benzene rings is 1. The van der Waals surface area contributed by atoms with E-state index in [9.17, 15) is 4.79 Å². The van der Waals surface area contributed by atoms with Crippen LogP contribution in [0.15, 0.2) is 42.1 Å². The molecule has 0 radical (unpaired) electrons. The Morgan fingerprint density at radius 1 is 1.40 bits per heavy atom. The Morgan fingerprint density at radius 3 is 2.53 bits per heavy atom. The monoisotopic (exact) mass is 205 g/mol. The van der Waals surface area contributed by atoms with Gasteiger partial charge in [0.1, 0.15) is 6.10 Å². The molecule has 0 aromatic heterocycles. The van der Waals surface area contributed by atoms with Crippen molar-refractivity contribution in [3.8, 4) is 0 Å². The summed E-state index contributed by atoms with van der Waals surface area (Å²) in [6.07, 6.45) is 1.02. The van der Waals surface area contributed by atoms with Gasteiger partial charge in [-0.2, -0.15) is 0 Å². The molecule has 0 spiro atoms. The molecule has 3 heteroatoms. The second kappa shape index (κ2) is 5.20. The van der Waals surface area contributed by atoms with E-state index in [1.54, 1.807) is 6.92 Å². The highest BCUT2D eigenvalue weighted by Gasteiger charge is 2.08. The molecule has 1 rings (SSSR count). The standard InChI is InChI=1S/C12H15NO2/c1-9(13)8-12(14)15-10(2)11-6-4-3-5-7-11/h3-8,10H,13H2,1-2H3/b9-8-/t10-/m0/s1. The summed E-state index contributed by atoms with van der Waals surface area (Å²) >= 11 is 0. The molecule has 0 saturated heterocycles. The third-order valence-corrected chi connectivity index (χ3v) is 1.91. The van der Waals surface area contributed by atoms with Crippen molar-refractivity contribution in [2.45, 2.75) is 20.0 Å². The lowest BCUT2D eigenvalue weighted by Crippen LogP contribution is -2.08. The molecule has 0 bridgehead atoms. The topological polar surface area (TPSA) is 52.3 Å². The maximum atomic E-state index is 11.3. The van der Waals surface area contributed by atoms with Gasteiger partial charge in [0.25, 0.3) is 0 Å². The van der Waals surface area contributed by atoms with Gasteiger partial charge < -0.3 is 10.5 Å². The van der Waals surface area contributed by atoms with Crippen LogP contribution in [0.25, 0.3) is 0 Å². The lowest BCUT2D eigenvalue weighted by Gasteiger charge is -2.11. The van der Waals surface area contributed by atoms with E-state index < -0.39 is 5.97 Å². The van der Waals surface area contributed by atoms with E-state index in [2.05, 4.69) is 0 Å². The second-order valence-corrected chi connectivity index (χ2v) is 3.38. The Balaban J connectivity index is 2.61. The van der Waals surface area contributed by atoms with Gasteiger partial charge in [-0.15, -0.1) is 0 Å². The van der Waals surface area contributed by atoms with Crippen LogP contribution in [0.5, 0.6) is 0 Å². The summed E-state index contributed by atoms with van der Waals surface area (Å²) in [5.41, 5.74) is 6.78. The minimum atomic E-state index is -0.411. The van der Waals surface area contributed by atoms with Crippen LogP contribution in [-0.4, -0.2) is 5.97 Å². The first-order chi connectivity index (χ1) is 7.09. The first-order valence-electron chi connectivity index (χ1n) is 4.79. The summed E-state index contributed by atoms with van der Waals surface area (Å²) in [6, 6.07) is 9.56. The summed E-state index contributed by atoms with van der Waals surface area (Å²) in [5, 5.41) is 0. The number of hydrogen-bond donors (Lipinski definition) is 1. The molecule has 0 fully saturated rings. The minimum Gasteiger partial charge on any atom is -0.455 e. The molecule has 15 heavy (non-hydrogen) atoms. The van der Waals surface area contributed by atoms with Crippen molar-refractivity contribution in [2.75, 3.05) is 0 Å². The average Bonchev–Trinajstić information content (AvgIpc) is 2.17. The van der Waals surface area contributed by atoms with Crippen molar-refractivity contribution < 1.29 is 9.53 Å². The zero-order valence-electron chi connectivity index (χ0n) is 8.94. The molecular weight excluding hydrogens is 190 g/mol. The Bertz CT molecular complexity index is 353. The van der Waals surface area contributed by atoms with Crippen LogP contribution in [-0.2, 0) is 9.53 Å². The van der Waals surface area contributed by atoms with Gasteiger partial charge in [0.15, 0.2) is 0 Å². The third-order valence-electron chi connectivity index (χ3n) is 1.91. The molecule has 1 aromatic rings. The quantitative estimate of drug-likeness (QED) is 0.607. The summed E-state index contributed by atoms with van der Waals surface area (Å²) in [4.78, 5) is 11.3. The molecule has 80 valence electrons. The van der Waals surface area contributed by atoms with Gasteiger partial charge in [0, 0.05) is 11.8 Å². The Morgan fingerprint density at radius 2 is 2.00 bits per heavy atom. The molecule has 0 saturated carbocycles. The van der Waals surface area contributed by atoms with Crippen LogP contribution < -0.4 is 5.73 Å². The number of rotatable bonds is 3. The normalized spacial score (nSPS) is 13.3. The van der Waals surface area contributed by atoms with Crippen molar-refractivity contribution in [2.24, 2.45) is 5.73 Å². The number of allylic oxidation sites excluding steroid dienone is 1. The first kappa shape index (κ1) is 11.3. The van der Waals surface area contributed by atoms with Crippen molar-refractivity contribution in [3.63, 3.8) is 0 Å². The number of esters is 1. The van der Waals surface area contributed by atoms with Gasteiger partial charge in [0.05, 0.1) is 0 Å². The highest BCUT2D eigenvalue weighted by atomic mass is 16.5. The van der Waals surface area contributed by atoms with Gasteiger partial charge in [-0.25, -0.2) is 4.79 Å². The molecule has 0 amide bonds. The molecule has 3 nitrogen and oxygen atoms in total. The largest absolute Gasteiger partial charge is 0.455 e. The van der Waals surface area contributed by atoms with Gasteiger partial charge in [-0.3, -0.25) is 0 Å². The third kappa shape index (κ3) is 3.85. The van der Waals surface area contributed by atoms with E-state index in [0.717, 1.165) is 5.56 Å². The zero-order valence-corrected chi connectivity index (χ0v) is 8.94. The fraction of sp³-hybridized carbons (Fsp3) is 0.250. The highest BCUT2D eigenvalue weighted by Crippen LogP contribution is 2.16. The first-order valence-corrected chi connectivity index (χ1v) is 4.79. The summed E-state index contributed by atoms with van der Waals surface area (Å²) in [6.45, 7) is 3.47. The van der Waals surface area contributed by atoms with Crippen LogP contribution in [0, 0.1) is 0 Å². The van der Waals surface area contributed by atoms with E-state index in [0.29, 0.717) is 5.70 Å². The Kier molecular flexibility index (Phi) is 3.92. The van der Waals surface area contributed by atoms with E-state index >= 15 is 0 Å². The molecule has 1 atom stereocenters. The van der Waals surface area contributed by atoms with E-state index in [-0.39, 0.29) is 6.10 Å². The summed E-state index contributed by atoms with van der Waals surface area (Å²) in [7, 11) is 0. The fourth-order valence-electron chi connectivity index (χ4n) is 1.19. The number of nitrogens with two attached hydrogens (primary N) is 1. The SMILES string of the molecule is C/C(N)=C/C(=O)O[C@@H](C)c1ccccc1. The van der Waals surface area contributed by atoms with E-state index in [1.165, 1.54) is 6.08 Å². The smallest absolute Gasteiger partial charge is 0.333 e. The predicted molar refractivity (Wildman–Crippen MR) is 58.9 cm³/mol. The highest BCUT2D eigenvalue weighted by molar-refractivity contribution is 5.82. The van der Waals surface area contributed by atoms with Crippen LogP contribution >= 0.6 is 0 Å². The second-order valence-electron chi connectivity index (χ2n) is 3.38. The number of ether oxygens (including phenoxy) is 1. The fourth-order valence-corrected chi connectivity index (χ4v) is 1.19. The van der Waals surface area contributed by atoms with Crippen LogP contribution in [0.4, 0.5) is 0 Å². The average molecular weight is 205 g/mol. The van der Waals surface area contributed by atoms with Crippen molar-refractivity contribution >= 4 is 5.97 Å². The molecule has 0 aliphatic heterocycles. The van der Waals surface area contributed by atoms with Crippen LogP contribution in [0.2, 0.25) is 0 Å². The number of hydrogen-bond acceptors (Lipinski definition) is 3. The molecule has 0 aliphatic rings. The summed E-state index contributed by atoms with van der Waals surface area (Å²) in [5.74, 6) is -0.411. The minimum absolute atomic E-state index is 0.255. The van der Waals surface area contributed by atoms with Crippen molar-refractivity contribution in [3.05, 3.63) is 47.7 Å². The van der Waals surface area contributed by atoms with Crippen molar-refractivity contribution in [1.82, 2.24) is 0 Å². The van der Waals surface area contributed by atoms with Crippen LogP contribution in [0.1, 0.15) is 25.5 Å². The van der Waals surface area contributed by atoms with Gasteiger partial charge in [-0.1, -0.05) is 30.3 Å². The number of carbonyl (C=O) groups excluding carboxylic acids is 1. The molecular formula is C12H15NO2. The molecule has 0 heterocycles. The molecule has 0 aliphatic carbocycles. The van der Waals surface area contributed by atoms with Gasteiger partial charge in [0.2, 0.25) is 0 Å². The van der Waals surface area contributed by atoms with Gasteiger partial charge >= 0.3 is 5.97 Å². The van der Waals surface area contributed by atoms with Crippen molar-refractivity contribution in [1.29, 1.82) is 0 Å². The number of carbonyl (C=O) groups is 1. The molecule has 1 aromatic carbocycles. The van der Waals surface area contributed by atoms with E-state index in [1.807, 2.05) is 37.3 Å². The molecule has 2 N–H and O–H groups in total. The Labute approximate surface area is 89.5 Å². The Hall–Kier alpha value is -1.77. The predicted octanol–water partition coefficient (Wildman–Crippen LogP) is 2.15. The van der Waals surface area contributed by atoms with Gasteiger partial charge in [-0.05, 0) is 19.4 Å². The maximum Gasteiger partial charge on any atom is 0.333 e. The van der Waals surface area contributed by atoms with E-state index in [4.69, 9.17) is 10.5 Å².